The molecule has 5 rings (SSSR count). The van der Waals surface area contributed by atoms with Crippen molar-refractivity contribution < 1.29 is 27.2 Å². The monoisotopic (exact) mass is 497 g/mol. The quantitative estimate of drug-likeness (QED) is 0.369. The Morgan fingerprint density at radius 1 is 1.08 bits per heavy atom. The third kappa shape index (κ3) is 5.24. The third-order valence-corrected chi connectivity index (χ3v) is 5.87. The molecule has 0 saturated carbocycles. The zero-order valence-electron chi connectivity index (χ0n) is 19.3. The van der Waals surface area contributed by atoms with Gasteiger partial charge in [0.15, 0.2) is 5.69 Å². The molecule has 36 heavy (non-hydrogen) atoms. The normalized spacial score (nSPS) is 13.8. The maximum Gasteiger partial charge on any atom is 0.573 e. The predicted molar refractivity (Wildman–Crippen MR) is 123 cm³/mol. The van der Waals surface area contributed by atoms with Crippen LogP contribution in [0.2, 0.25) is 0 Å². The molecule has 1 aliphatic rings. The van der Waals surface area contributed by atoms with Gasteiger partial charge in [-0.3, -0.25) is 9.48 Å². The lowest BCUT2D eigenvalue weighted by atomic mass is 10.1. The number of hydrogen-bond donors (Lipinski definition) is 0. The van der Waals surface area contributed by atoms with Crippen LogP contribution < -0.4 is 4.74 Å². The van der Waals surface area contributed by atoms with Gasteiger partial charge < -0.3 is 14.2 Å². The highest BCUT2D eigenvalue weighted by Gasteiger charge is 2.31. The van der Waals surface area contributed by atoms with Crippen molar-refractivity contribution in [3.8, 4) is 28.7 Å². The van der Waals surface area contributed by atoms with Crippen molar-refractivity contribution in [1.82, 2.24) is 24.8 Å². The lowest BCUT2D eigenvalue weighted by Crippen LogP contribution is -2.27. The molecule has 1 amide bonds. The minimum Gasteiger partial charge on any atom is -0.406 e. The summed E-state index contributed by atoms with van der Waals surface area (Å²) in [6, 6.07) is 14.5. The number of aromatic nitrogens is 4. The molecule has 2 aromatic carbocycles. The summed E-state index contributed by atoms with van der Waals surface area (Å²) in [4.78, 5) is 18.9. The van der Waals surface area contributed by atoms with E-state index in [4.69, 9.17) is 4.52 Å². The number of carbonyl (C=O) groups is 1. The highest BCUT2D eigenvalue weighted by Crippen LogP contribution is 2.27. The number of halogens is 3. The fourth-order valence-electron chi connectivity index (χ4n) is 4.10. The molecule has 0 atom stereocenters. The average molecular weight is 497 g/mol. The molecule has 4 aromatic rings. The highest BCUT2D eigenvalue weighted by molar-refractivity contribution is 5.94. The van der Waals surface area contributed by atoms with E-state index in [2.05, 4.69) is 20.0 Å². The minimum atomic E-state index is -4.76. The summed E-state index contributed by atoms with van der Waals surface area (Å²) in [6.45, 7) is 3.94. The molecule has 1 fully saturated rings. The van der Waals surface area contributed by atoms with Crippen molar-refractivity contribution in [3.63, 3.8) is 0 Å². The first-order valence-electron chi connectivity index (χ1n) is 11.4. The Morgan fingerprint density at radius 3 is 2.56 bits per heavy atom. The number of likely N-dealkylation sites (tertiary alicyclic amines) is 1. The number of aryl methyl sites for hydroxylation is 1. The van der Waals surface area contributed by atoms with Crippen molar-refractivity contribution >= 4 is 5.91 Å². The second-order valence-corrected chi connectivity index (χ2v) is 8.52. The Balaban J connectivity index is 1.30. The van der Waals surface area contributed by atoms with Crippen molar-refractivity contribution in [3.05, 3.63) is 71.4 Å². The van der Waals surface area contributed by atoms with Crippen LogP contribution in [-0.4, -0.2) is 50.2 Å². The number of hydrogen-bond acceptors (Lipinski definition) is 6. The molecule has 3 heterocycles. The molecule has 1 saturated heterocycles. The van der Waals surface area contributed by atoms with Crippen molar-refractivity contribution in [2.75, 3.05) is 13.1 Å². The summed E-state index contributed by atoms with van der Waals surface area (Å²) in [7, 11) is 0. The Bertz CT molecular complexity index is 1370. The number of carbonyl (C=O) groups excluding carboxylic acids is 1. The fraction of sp³-hybridized carbons (Fsp3) is 0.280. The molecule has 0 radical (unpaired) electrons. The Hall–Kier alpha value is -4.15. The zero-order chi connectivity index (χ0) is 25.3. The second-order valence-electron chi connectivity index (χ2n) is 8.52. The summed E-state index contributed by atoms with van der Waals surface area (Å²) in [5.74, 6) is 0.100. The maximum atomic E-state index is 12.7. The Morgan fingerprint density at radius 2 is 1.83 bits per heavy atom. The molecule has 2 aromatic heterocycles. The first-order chi connectivity index (χ1) is 17.2. The highest BCUT2D eigenvalue weighted by atomic mass is 19.4. The van der Waals surface area contributed by atoms with Gasteiger partial charge in [0.05, 0.1) is 6.54 Å². The summed E-state index contributed by atoms with van der Waals surface area (Å²) in [6.07, 6.45) is -2.69. The molecule has 8 nitrogen and oxygen atoms in total. The molecule has 0 bridgehead atoms. The molecule has 1 aliphatic heterocycles. The lowest BCUT2D eigenvalue weighted by Gasteiger charge is -2.15. The van der Waals surface area contributed by atoms with Gasteiger partial charge in [0.1, 0.15) is 5.75 Å². The number of benzene rings is 2. The predicted octanol–water partition coefficient (Wildman–Crippen LogP) is 5.09. The van der Waals surface area contributed by atoms with Crippen molar-refractivity contribution in [1.29, 1.82) is 0 Å². The average Bonchev–Trinajstić information content (AvgIpc) is 3.60. The lowest BCUT2D eigenvalue weighted by molar-refractivity contribution is -0.274. The van der Waals surface area contributed by atoms with Gasteiger partial charge in [0.25, 0.3) is 11.8 Å². The number of rotatable bonds is 6. The number of amides is 1. The van der Waals surface area contributed by atoms with Crippen LogP contribution in [0.15, 0.2) is 59.1 Å². The smallest absolute Gasteiger partial charge is 0.406 e. The van der Waals surface area contributed by atoms with Crippen LogP contribution in [0.4, 0.5) is 13.2 Å². The number of alkyl halides is 3. The Kier molecular flexibility index (Phi) is 6.21. The van der Waals surface area contributed by atoms with Gasteiger partial charge >= 0.3 is 6.36 Å². The van der Waals surface area contributed by atoms with Crippen molar-refractivity contribution in [2.45, 2.75) is 32.7 Å². The minimum absolute atomic E-state index is 0.0450. The van der Waals surface area contributed by atoms with E-state index in [0.29, 0.717) is 23.4 Å². The molecular weight excluding hydrogens is 475 g/mol. The van der Waals surface area contributed by atoms with Gasteiger partial charge in [0.2, 0.25) is 5.82 Å². The molecule has 186 valence electrons. The van der Waals surface area contributed by atoms with E-state index < -0.39 is 6.36 Å². The van der Waals surface area contributed by atoms with Gasteiger partial charge in [-0.1, -0.05) is 17.3 Å². The molecule has 0 aliphatic carbocycles. The van der Waals surface area contributed by atoms with E-state index in [0.717, 1.165) is 37.2 Å². The van der Waals surface area contributed by atoms with Gasteiger partial charge in [-0.05, 0) is 67.8 Å². The van der Waals surface area contributed by atoms with Gasteiger partial charge in [-0.2, -0.15) is 10.1 Å². The van der Waals surface area contributed by atoms with Crippen LogP contribution in [0.3, 0.4) is 0 Å². The number of nitrogens with zero attached hydrogens (tertiary/aromatic N) is 5. The maximum absolute atomic E-state index is 12.7. The summed E-state index contributed by atoms with van der Waals surface area (Å²) < 4.78 is 48.1. The molecule has 0 N–H and O–H groups in total. The van der Waals surface area contributed by atoms with Crippen LogP contribution in [0.1, 0.15) is 34.5 Å². The topological polar surface area (TPSA) is 86.3 Å². The third-order valence-electron chi connectivity index (χ3n) is 5.87. The SMILES string of the molecule is Cc1cc(-c2nc(-c3ccc(OC(F)(F)F)cc3)no2)nn1Cc1cccc(C(=O)N2CCCC2)c1. The van der Waals surface area contributed by atoms with Crippen LogP contribution in [0.25, 0.3) is 23.0 Å². The second kappa shape index (κ2) is 9.48. The summed E-state index contributed by atoms with van der Waals surface area (Å²) in [5.41, 5.74) is 3.38. The fourth-order valence-corrected chi connectivity index (χ4v) is 4.10. The van der Waals surface area contributed by atoms with E-state index in [1.54, 1.807) is 10.7 Å². The first-order valence-corrected chi connectivity index (χ1v) is 11.4. The standard InChI is InChI=1S/C25H22F3N5O3/c1-16-13-21(23-29-22(31-36-23)18-7-9-20(10-8-18)35-25(26,27)28)30-33(16)15-17-5-4-6-19(14-17)24(34)32-11-2-3-12-32/h4-10,13-14H,2-3,11-12,15H2,1H3. The molecular formula is C25H22F3N5O3. The van der Waals surface area contributed by atoms with Gasteiger partial charge in [-0.15, -0.1) is 13.2 Å². The van der Waals surface area contributed by atoms with E-state index in [9.17, 15) is 18.0 Å². The van der Waals surface area contributed by atoms with E-state index in [1.165, 1.54) is 24.3 Å². The van der Waals surface area contributed by atoms with Crippen LogP contribution >= 0.6 is 0 Å². The van der Waals surface area contributed by atoms with Gasteiger partial charge in [0, 0.05) is 29.9 Å². The summed E-state index contributed by atoms with van der Waals surface area (Å²) in [5, 5.41) is 8.49. The Labute approximate surface area is 204 Å². The van der Waals surface area contributed by atoms with Gasteiger partial charge in [-0.25, -0.2) is 0 Å². The van der Waals surface area contributed by atoms with Crippen LogP contribution in [0.5, 0.6) is 5.75 Å². The molecule has 0 unspecified atom stereocenters. The van der Waals surface area contributed by atoms with Crippen LogP contribution in [-0.2, 0) is 6.54 Å². The molecule has 11 heteroatoms. The first kappa shape index (κ1) is 23.6. The largest absolute Gasteiger partial charge is 0.573 e. The van der Waals surface area contributed by atoms with Crippen molar-refractivity contribution in [2.24, 2.45) is 0 Å². The van der Waals surface area contributed by atoms with E-state index in [-0.39, 0.29) is 23.4 Å². The zero-order valence-corrected chi connectivity index (χ0v) is 19.3. The molecule has 0 spiro atoms. The van der Waals surface area contributed by atoms with E-state index in [1.807, 2.05) is 36.1 Å². The number of ether oxygens (including phenoxy) is 1. The summed E-state index contributed by atoms with van der Waals surface area (Å²) >= 11 is 0. The van der Waals surface area contributed by atoms with Crippen LogP contribution in [0, 0.1) is 6.92 Å². The van der Waals surface area contributed by atoms with E-state index >= 15 is 0 Å².